The quantitative estimate of drug-likeness (QED) is 0.848. The molecule has 0 unspecified atom stereocenters. The van der Waals surface area contributed by atoms with E-state index >= 15 is 0 Å². The lowest BCUT2D eigenvalue weighted by Gasteiger charge is -2.33. The van der Waals surface area contributed by atoms with E-state index in [1.54, 1.807) is 4.90 Å². The van der Waals surface area contributed by atoms with Gasteiger partial charge in [-0.25, -0.2) is 4.79 Å². The number of hydrogen-bond acceptors (Lipinski definition) is 3. The Labute approximate surface area is 133 Å². The van der Waals surface area contributed by atoms with Gasteiger partial charge >= 0.3 is 6.09 Å². The summed E-state index contributed by atoms with van der Waals surface area (Å²) in [6.07, 6.45) is 1.76. The minimum absolute atomic E-state index is 0.198. The molecule has 1 aliphatic rings. The van der Waals surface area contributed by atoms with E-state index in [0.717, 1.165) is 32.5 Å². The van der Waals surface area contributed by atoms with Gasteiger partial charge < -0.3 is 14.4 Å². The minimum Gasteiger partial charge on any atom is -0.444 e. The van der Waals surface area contributed by atoms with Crippen molar-refractivity contribution in [2.75, 3.05) is 19.7 Å². The minimum atomic E-state index is -0.424. The molecule has 0 radical (unpaired) electrons. The molecule has 0 spiro atoms. The van der Waals surface area contributed by atoms with E-state index in [0.29, 0.717) is 12.5 Å². The van der Waals surface area contributed by atoms with Crippen molar-refractivity contribution in [3.8, 4) is 0 Å². The topological polar surface area (TPSA) is 38.8 Å². The van der Waals surface area contributed by atoms with Crippen LogP contribution in [-0.2, 0) is 16.1 Å². The molecular weight excluding hydrogens is 278 g/mol. The van der Waals surface area contributed by atoms with Crippen LogP contribution in [0, 0.1) is 5.92 Å². The van der Waals surface area contributed by atoms with Crippen LogP contribution in [0.25, 0.3) is 0 Å². The molecule has 0 N–H and O–H groups in total. The van der Waals surface area contributed by atoms with Crippen molar-refractivity contribution < 1.29 is 14.3 Å². The maximum Gasteiger partial charge on any atom is 0.410 e. The van der Waals surface area contributed by atoms with Gasteiger partial charge in [0, 0.05) is 19.7 Å². The highest BCUT2D eigenvalue weighted by Crippen LogP contribution is 2.20. The fourth-order valence-corrected chi connectivity index (χ4v) is 2.53. The summed E-state index contributed by atoms with van der Waals surface area (Å²) in [7, 11) is 0. The van der Waals surface area contributed by atoms with Crippen molar-refractivity contribution >= 4 is 6.09 Å². The lowest BCUT2D eigenvalue weighted by Crippen LogP contribution is -2.42. The second-order valence-electron chi connectivity index (χ2n) is 6.91. The molecule has 1 aromatic carbocycles. The first kappa shape index (κ1) is 16.8. The monoisotopic (exact) mass is 305 g/mol. The van der Waals surface area contributed by atoms with Crippen LogP contribution in [0.4, 0.5) is 4.79 Å². The molecule has 0 atom stereocenters. The normalized spacial score (nSPS) is 16.6. The molecule has 0 bridgehead atoms. The first-order valence-corrected chi connectivity index (χ1v) is 8.03. The SMILES string of the molecule is CC(C)(C)OC(=O)N1CCC(COCc2ccccc2)CC1. The molecule has 1 aromatic rings. The standard InChI is InChI=1S/C18H27NO3/c1-18(2,3)22-17(20)19-11-9-16(10-12-19)14-21-13-15-7-5-4-6-8-15/h4-8,16H,9-14H2,1-3H3. The number of likely N-dealkylation sites (tertiary alicyclic amines) is 1. The van der Waals surface area contributed by atoms with Crippen molar-refractivity contribution in [2.45, 2.75) is 45.8 Å². The van der Waals surface area contributed by atoms with E-state index in [4.69, 9.17) is 9.47 Å². The Kier molecular flexibility index (Phi) is 5.83. The summed E-state index contributed by atoms with van der Waals surface area (Å²) < 4.78 is 11.2. The predicted octanol–water partition coefficient (Wildman–Crippen LogP) is 3.85. The third kappa shape index (κ3) is 5.68. The number of nitrogens with zero attached hydrogens (tertiary/aromatic N) is 1. The van der Waals surface area contributed by atoms with E-state index in [2.05, 4.69) is 12.1 Å². The summed E-state index contributed by atoms with van der Waals surface area (Å²) in [5, 5.41) is 0. The number of piperidine rings is 1. The van der Waals surface area contributed by atoms with Crippen LogP contribution in [0.1, 0.15) is 39.2 Å². The van der Waals surface area contributed by atoms with Crippen molar-refractivity contribution in [1.82, 2.24) is 4.90 Å². The van der Waals surface area contributed by atoms with Crippen LogP contribution in [0.2, 0.25) is 0 Å². The molecule has 22 heavy (non-hydrogen) atoms. The Bertz CT molecular complexity index is 459. The molecule has 122 valence electrons. The first-order valence-electron chi connectivity index (χ1n) is 8.03. The van der Waals surface area contributed by atoms with E-state index in [9.17, 15) is 4.79 Å². The van der Waals surface area contributed by atoms with Gasteiger partial charge in [0.05, 0.1) is 6.61 Å². The number of amides is 1. The van der Waals surface area contributed by atoms with Gasteiger partial charge in [-0.3, -0.25) is 0 Å². The summed E-state index contributed by atoms with van der Waals surface area (Å²) in [5.41, 5.74) is 0.779. The first-order chi connectivity index (χ1) is 10.4. The van der Waals surface area contributed by atoms with Crippen LogP contribution in [0.5, 0.6) is 0 Å². The van der Waals surface area contributed by atoms with Crippen LogP contribution >= 0.6 is 0 Å². The maximum absolute atomic E-state index is 12.0. The lowest BCUT2D eigenvalue weighted by atomic mass is 9.98. The summed E-state index contributed by atoms with van der Waals surface area (Å²) in [4.78, 5) is 13.8. The van der Waals surface area contributed by atoms with Crippen molar-refractivity contribution in [3.63, 3.8) is 0 Å². The molecule has 0 aliphatic carbocycles. The molecule has 1 fully saturated rings. The number of rotatable bonds is 4. The van der Waals surface area contributed by atoms with Crippen LogP contribution in [-0.4, -0.2) is 36.3 Å². The van der Waals surface area contributed by atoms with Gasteiger partial charge in [0.1, 0.15) is 5.60 Å². The highest BCUT2D eigenvalue weighted by atomic mass is 16.6. The third-order valence-corrected chi connectivity index (χ3v) is 3.73. The molecule has 0 saturated carbocycles. The Morgan fingerprint density at radius 2 is 1.82 bits per heavy atom. The van der Waals surface area contributed by atoms with E-state index in [1.165, 1.54) is 5.56 Å². The highest BCUT2D eigenvalue weighted by Gasteiger charge is 2.26. The summed E-state index contributed by atoms with van der Waals surface area (Å²) in [5.74, 6) is 0.530. The van der Waals surface area contributed by atoms with E-state index < -0.39 is 5.60 Å². The van der Waals surface area contributed by atoms with E-state index in [1.807, 2.05) is 39.0 Å². The molecule has 1 heterocycles. The summed E-state index contributed by atoms with van der Waals surface area (Å²) >= 11 is 0. The van der Waals surface area contributed by atoms with Gasteiger partial charge in [-0.15, -0.1) is 0 Å². The van der Waals surface area contributed by atoms with Gasteiger partial charge in [-0.05, 0) is 45.1 Å². The molecule has 1 amide bonds. The Hall–Kier alpha value is -1.55. The number of carbonyl (C=O) groups excluding carboxylic acids is 1. The number of carbonyl (C=O) groups is 1. The second kappa shape index (κ2) is 7.63. The number of hydrogen-bond donors (Lipinski definition) is 0. The van der Waals surface area contributed by atoms with Crippen molar-refractivity contribution in [2.24, 2.45) is 5.92 Å². The molecule has 4 heteroatoms. The van der Waals surface area contributed by atoms with E-state index in [-0.39, 0.29) is 6.09 Å². The van der Waals surface area contributed by atoms with Gasteiger partial charge in [0.25, 0.3) is 0 Å². The molecule has 1 saturated heterocycles. The van der Waals surface area contributed by atoms with Crippen molar-refractivity contribution in [1.29, 1.82) is 0 Å². The zero-order chi connectivity index (χ0) is 16.0. The summed E-state index contributed by atoms with van der Waals surface area (Å²) in [6, 6.07) is 10.2. The fraction of sp³-hybridized carbons (Fsp3) is 0.611. The largest absolute Gasteiger partial charge is 0.444 e. The third-order valence-electron chi connectivity index (χ3n) is 3.73. The van der Waals surface area contributed by atoms with Crippen LogP contribution in [0.3, 0.4) is 0 Å². The number of benzene rings is 1. The second-order valence-corrected chi connectivity index (χ2v) is 6.91. The highest BCUT2D eigenvalue weighted by molar-refractivity contribution is 5.68. The maximum atomic E-state index is 12.0. The molecule has 2 rings (SSSR count). The lowest BCUT2D eigenvalue weighted by molar-refractivity contribution is 0.0105. The van der Waals surface area contributed by atoms with Gasteiger partial charge in [0.15, 0.2) is 0 Å². The predicted molar refractivity (Wildman–Crippen MR) is 86.6 cm³/mol. The molecule has 4 nitrogen and oxygen atoms in total. The average Bonchev–Trinajstić information content (AvgIpc) is 2.47. The summed E-state index contributed by atoms with van der Waals surface area (Å²) in [6.45, 7) is 8.63. The Balaban J connectivity index is 1.66. The Morgan fingerprint density at radius 3 is 2.41 bits per heavy atom. The molecular formula is C18H27NO3. The molecule has 1 aliphatic heterocycles. The average molecular weight is 305 g/mol. The molecule has 0 aromatic heterocycles. The van der Waals surface area contributed by atoms with Gasteiger partial charge in [-0.2, -0.15) is 0 Å². The fourth-order valence-electron chi connectivity index (χ4n) is 2.53. The Morgan fingerprint density at radius 1 is 1.18 bits per heavy atom. The van der Waals surface area contributed by atoms with Gasteiger partial charge in [0.2, 0.25) is 0 Å². The zero-order valence-electron chi connectivity index (χ0n) is 13.9. The smallest absolute Gasteiger partial charge is 0.410 e. The zero-order valence-corrected chi connectivity index (χ0v) is 13.9. The van der Waals surface area contributed by atoms with Gasteiger partial charge in [-0.1, -0.05) is 30.3 Å². The van der Waals surface area contributed by atoms with Crippen LogP contribution < -0.4 is 0 Å². The number of ether oxygens (including phenoxy) is 2. The van der Waals surface area contributed by atoms with Crippen molar-refractivity contribution in [3.05, 3.63) is 35.9 Å². The van der Waals surface area contributed by atoms with Crippen LogP contribution in [0.15, 0.2) is 30.3 Å².